The molecule has 116 valence electrons. The summed E-state index contributed by atoms with van der Waals surface area (Å²) in [5, 5.41) is 3.00. The maximum Gasteiger partial charge on any atom is 0.241 e. The van der Waals surface area contributed by atoms with E-state index in [-0.39, 0.29) is 17.0 Å². The molecule has 3 atom stereocenters. The lowest BCUT2D eigenvalue weighted by atomic mass is 9.91. The van der Waals surface area contributed by atoms with Crippen molar-refractivity contribution < 1.29 is 9.18 Å². The van der Waals surface area contributed by atoms with Crippen LogP contribution in [0.25, 0.3) is 0 Å². The van der Waals surface area contributed by atoms with Crippen LogP contribution in [0, 0.1) is 17.7 Å². The van der Waals surface area contributed by atoms with E-state index in [2.05, 4.69) is 24.1 Å². The maximum atomic E-state index is 13.0. The molecular weight excluding hydrogens is 291 g/mol. The van der Waals surface area contributed by atoms with Crippen LogP contribution < -0.4 is 5.32 Å². The third-order valence-electron chi connectivity index (χ3n) is 4.01. The Morgan fingerprint density at radius 2 is 2.00 bits per heavy atom. The minimum Gasteiger partial charge on any atom is -0.323 e. The molecule has 0 aromatic heterocycles. The monoisotopic (exact) mass is 312 g/mol. The quantitative estimate of drug-likeness (QED) is 0.921. The average Bonchev–Trinajstić information content (AvgIpc) is 2.40. The normalized spacial score (nSPS) is 24.6. The summed E-state index contributed by atoms with van der Waals surface area (Å²) < 4.78 is 13.0. The molecule has 1 aromatic rings. The summed E-state index contributed by atoms with van der Waals surface area (Å²) in [5.74, 6) is 0.673. The van der Waals surface area contributed by atoms with Crippen molar-refractivity contribution in [2.45, 2.75) is 33.2 Å². The van der Waals surface area contributed by atoms with Gasteiger partial charge in [-0.3, -0.25) is 9.69 Å². The molecule has 0 radical (unpaired) electrons. The van der Waals surface area contributed by atoms with Crippen LogP contribution in [0.4, 0.5) is 10.1 Å². The first-order valence-electron chi connectivity index (χ1n) is 7.36. The molecule has 1 heterocycles. The van der Waals surface area contributed by atoms with Crippen molar-refractivity contribution in [1.29, 1.82) is 0 Å². The topological polar surface area (TPSA) is 32.3 Å². The van der Waals surface area contributed by atoms with Gasteiger partial charge >= 0.3 is 0 Å². The summed E-state index contributed by atoms with van der Waals surface area (Å²) in [4.78, 5) is 14.6. The smallest absolute Gasteiger partial charge is 0.241 e. The van der Waals surface area contributed by atoms with E-state index < -0.39 is 5.82 Å². The van der Waals surface area contributed by atoms with E-state index >= 15 is 0 Å². The second-order valence-electron chi connectivity index (χ2n) is 6.19. The van der Waals surface area contributed by atoms with Crippen molar-refractivity contribution in [3.05, 3.63) is 29.0 Å². The number of anilines is 1. The Bertz CT molecular complexity index is 513. The Hall–Kier alpha value is -1.13. The van der Waals surface area contributed by atoms with E-state index in [0.717, 1.165) is 13.1 Å². The van der Waals surface area contributed by atoms with Crippen LogP contribution >= 0.6 is 11.6 Å². The first kappa shape index (κ1) is 16.2. The van der Waals surface area contributed by atoms with Crippen molar-refractivity contribution in [3.8, 4) is 0 Å². The molecule has 5 heteroatoms. The maximum absolute atomic E-state index is 13.0. The number of rotatable bonds is 3. The molecule has 1 aliphatic rings. The van der Waals surface area contributed by atoms with Crippen molar-refractivity contribution >= 4 is 23.2 Å². The molecule has 21 heavy (non-hydrogen) atoms. The molecule has 1 amide bonds. The van der Waals surface area contributed by atoms with Crippen molar-refractivity contribution in [2.75, 3.05) is 18.4 Å². The SMILES string of the molecule is C[C@H]1C[C@H](C)CN([C@@H](C)C(=O)Nc2ccc(F)cc2Cl)C1. The number of nitrogens with one attached hydrogen (secondary N) is 1. The molecule has 0 aliphatic carbocycles. The summed E-state index contributed by atoms with van der Waals surface area (Å²) in [6, 6.07) is 3.75. The number of hydrogen-bond acceptors (Lipinski definition) is 2. The minimum absolute atomic E-state index is 0.107. The van der Waals surface area contributed by atoms with Gasteiger partial charge in [-0.2, -0.15) is 0 Å². The number of amides is 1. The van der Waals surface area contributed by atoms with Gasteiger partial charge in [0.05, 0.1) is 16.8 Å². The fourth-order valence-electron chi connectivity index (χ4n) is 3.02. The first-order chi connectivity index (χ1) is 9.86. The van der Waals surface area contributed by atoms with Gasteiger partial charge in [-0.05, 0) is 43.4 Å². The summed E-state index contributed by atoms with van der Waals surface area (Å²) in [5.41, 5.74) is 0.452. The third kappa shape index (κ3) is 4.17. The van der Waals surface area contributed by atoms with Crippen molar-refractivity contribution in [2.24, 2.45) is 11.8 Å². The fourth-order valence-corrected chi connectivity index (χ4v) is 3.24. The Morgan fingerprint density at radius 1 is 1.38 bits per heavy atom. The van der Waals surface area contributed by atoms with E-state index in [4.69, 9.17) is 11.6 Å². The van der Waals surface area contributed by atoms with Crippen LogP contribution in [0.3, 0.4) is 0 Å². The minimum atomic E-state index is -0.412. The number of carbonyl (C=O) groups is 1. The molecule has 0 saturated carbocycles. The second-order valence-corrected chi connectivity index (χ2v) is 6.60. The molecule has 0 spiro atoms. The van der Waals surface area contributed by atoms with Gasteiger partial charge in [0.2, 0.25) is 5.91 Å². The van der Waals surface area contributed by atoms with E-state index in [9.17, 15) is 9.18 Å². The number of likely N-dealkylation sites (tertiary alicyclic amines) is 1. The number of piperidine rings is 1. The number of hydrogen-bond donors (Lipinski definition) is 1. The van der Waals surface area contributed by atoms with Gasteiger partial charge in [-0.25, -0.2) is 4.39 Å². The average molecular weight is 313 g/mol. The highest BCUT2D eigenvalue weighted by atomic mass is 35.5. The number of halogens is 2. The number of nitrogens with zero attached hydrogens (tertiary/aromatic N) is 1. The molecule has 1 N–H and O–H groups in total. The first-order valence-corrected chi connectivity index (χ1v) is 7.74. The van der Waals surface area contributed by atoms with Crippen LogP contribution in [-0.2, 0) is 4.79 Å². The number of benzene rings is 1. The predicted molar refractivity (Wildman–Crippen MR) is 84.0 cm³/mol. The van der Waals surface area contributed by atoms with Crippen LogP contribution in [-0.4, -0.2) is 29.9 Å². The lowest BCUT2D eigenvalue weighted by molar-refractivity contribution is -0.121. The summed E-state index contributed by atoms with van der Waals surface area (Å²) in [6.45, 7) is 8.18. The molecule has 0 unspecified atom stereocenters. The molecule has 0 bridgehead atoms. The Kier molecular flexibility index (Phi) is 5.22. The largest absolute Gasteiger partial charge is 0.323 e. The third-order valence-corrected chi connectivity index (χ3v) is 4.33. The number of carbonyl (C=O) groups excluding carboxylic acids is 1. The fraction of sp³-hybridized carbons (Fsp3) is 0.562. The Balaban J connectivity index is 2.02. The molecule has 1 saturated heterocycles. The van der Waals surface area contributed by atoms with E-state index in [1.165, 1.54) is 24.6 Å². The van der Waals surface area contributed by atoms with Gasteiger partial charge in [0, 0.05) is 13.1 Å². The zero-order valence-electron chi connectivity index (χ0n) is 12.7. The van der Waals surface area contributed by atoms with E-state index in [1.807, 2.05) is 6.92 Å². The predicted octanol–water partition coefficient (Wildman–Crippen LogP) is 3.78. The highest BCUT2D eigenvalue weighted by Crippen LogP contribution is 2.25. The summed E-state index contributed by atoms with van der Waals surface area (Å²) in [6.07, 6.45) is 1.20. The lowest BCUT2D eigenvalue weighted by Crippen LogP contribution is -2.48. The van der Waals surface area contributed by atoms with Crippen LogP contribution in [0.1, 0.15) is 27.2 Å². The Morgan fingerprint density at radius 3 is 2.57 bits per heavy atom. The standard InChI is InChI=1S/C16H22ClFN2O/c1-10-6-11(2)9-20(8-10)12(3)16(21)19-15-5-4-13(18)7-14(15)17/h4-5,7,10-12H,6,8-9H2,1-3H3,(H,19,21)/t10-,11-,12-/m0/s1. The van der Waals surface area contributed by atoms with Gasteiger partial charge in [-0.15, -0.1) is 0 Å². The highest BCUT2D eigenvalue weighted by molar-refractivity contribution is 6.33. The summed E-state index contributed by atoms with van der Waals surface area (Å²) in [7, 11) is 0. The molecule has 1 aliphatic heterocycles. The molecule has 2 rings (SSSR count). The lowest BCUT2D eigenvalue weighted by Gasteiger charge is -2.38. The van der Waals surface area contributed by atoms with Crippen LogP contribution in [0.5, 0.6) is 0 Å². The van der Waals surface area contributed by atoms with Gasteiger partial charge in [0.1, 0.15) is 5.82 Å². The zero-order chi connectivity index (χ0) is 15.6. The van der Waals surface area contributed by atoms with E-state index in [1.54, 1.807) is 0 Å². The highest BCUT2D eigenvalue weighted by Gasteiger charge is 2.28. The Labute approximate surface area is 130 Å². The van der Waals surface area contributed by atoms with E-state index in [0.29, 0.717) is 17.5 Å². The zero-order valence-corrected chi connectivity index (χ0v) is 13.5. The van der Waals surface area contributed by atoms with Gasteiger partial charge in [0.25, 0.3) is 0 Å². The van der Waals surface area contributed by atoms with Gasteiger partial charge < -0.3 is 5.32 Å². The van der Waals surface area contributed by atoms with Gasteiger partial charge in [-0.1, -0.05) is 25.4 Å². The molecule has 1 fully saturated rings. The van der Waals surface area contributed by atoms with Gasteiger partial charge in [0.15, 0.2) is 0 Å². The summed E-state index contributed by atoms with van der Waals surface area (Å²) >= 11 is 5.94. The second kappa shape index (κ2) is 6.75. The van der Waals surface area contributed by atoms with Crippen molar-refractivity contribution in [3.63, 3.8) is 0 Å². The van der Waals surface area contributed by atoms with Crippen molar-refractivity contribution in [1.82, 2.24) is 4.90 Å². The molecule has 3 nitrogen and oxygen atoms in total. The molecule has 1 aromatic carbocycles. The molecular formula is C16H22ClFN2O. The van der Waals surface area contributed by atoms with Crippen LogP contribution in [0.15, 0.2) is 18.2 Å². The van der Waals surface area contributed by atoms with Crippen LogP contribution in [0.2, 0.25) is 5.02 Å².